The standard InChI is InChI=1S/C16H27BN2O3/c18-14(15(20)19-3-1-2-13(19)17(21)22)16-7-10-4-11(8-16)6-12(5-10)9-16/h10-14,21-22H,1-9,18H2. The van der Waals surface area contributed by atoms with Crippen LogP contribution in [0.4, 0.5) is 0 Å². The van der Waals surface area contributed by atoms with Crippen LogP contribution in [-0.4, -0.2) is 46.5 Å². The monoisotopic (exact) mass is 306 g/mol. The van der Waals surface area contributed by atoms with Crippen LogP contribution in [-0.2, 0) is 4.79 Å². The lowest BCUT2D eigenvalue weighted by molar-refractivity contribution is -0.143. The summed E-state index contributed by atoms with van der Waals surface area (Å²) in [7, 11) is -1.45. The largest absolute Gasteiger partial charge is 0.475 e. The Kier molecular flexibility index (Phi) is 3.55. The van der Waals surface area contributed by atoms with Crippen molar-refractivity contribution in [2.24, 2.45) is 28.9 Å². The molecule has 1 amide bonds. The fraction of sp³-hybridized carbons (Fsp3) is 0.938. The van der Waals surface area contributed by atoms with Gasteiger partial charge in [-0.15, -0.1) is 0 Å². The second kappa shape index (κ2) is 5.21. The first-order chi connectivity index (χ1) is 10.5. The number of rotatable bonds is 3. The van der Waals surface area contributed by atoms with Crippen LogP contribution in [0.25, 0.3) is 0 Å². The molecule has 0 aromatic heterocycles. The van der Waals surface area contributed by atoms with Crippen LogP contribution in [0, 0.1) is 23.2 Å². The average Bonchev–Trinajstić information content (AvgIpc) is 2.93. The van der Waals surface area contributed by atoms with Gasteiger partial charge in [0.2, 0.25) is 5.91 Å². The van der Waals surface area contributed by atoms with Crippen molar-refractivity contribution in [1.29, 1.82) is 0 Å². The SMILES string of the molecule is NC(C(=O)N1CCCC1B(O)O)C12CC3CC(CC(C3)C1)C2. The molecule has 4 aliphatic carbocycles. The topological polar surface area (TPSA) is 86.8 Å². The molecular weight excluding hydrogens is 279 g/mol. The zero-order valence-corrected chi connectivity index (χ0v) is 13.2. The Morgan fingerprint density at radius 3 is 2.18 bits per heavy atom. The van der Waals surface area contributed by atoms with E-state index in [0.29, 0.717) is 13.0 Å². The van der Waals surface area contributed by atoms with Gasteiger partial charge in [-0.1, -0.05) is 0 Å². The van der Waals surface area contributed by atoms with Crippen molar-refractivity contribution in [2.75, 3.05) is 6.54 Å². The predicted molar refractivity (Wildman–Crippen MR) is 83.5 cm³/mol. The summed E-state index contributed by atoms with van der Waals surface area (Å²) in [5.41, 5.74) is 6.49. The first-order valence-electron chi connectivity index (χ1n) is 8.91. The lowest BCUT2D eigenvalue weighted by atomic mass is 9.47. The molecule has 0 spiro atoms. The molecule has 1 heterocycles. The van der Waals surface area contributed by atoms with Gasteiger partial charge in [0, 0.05) is 6.54 Å². The molecule has 4 N–H and O–H groups in total. The third kappa shape index (κ3) is 2.22. The molecule has 4 bridgehead atoms. The zero-order chi connectivity index (χ0) is 15.5. The molecule has 1 aliphatic heterocycles. The van der Waals surface area contributed by atoms with Crippen molar-refractivity contribution < 1.29 is 14.8 Å². The Hall–Kier alpha value is -0.585. The maximum absolute atomic E-state index is 13.0. The Bertz CT molecular complexity index is 435. The minimum Gasteiger partial charge on any atom is -0.426 e. The van der Waals surface area contributed by atoms with Crippen LogP contribution in [0.1, 0.15) is 51.4 Å². The molecular formula is C16H27BN2O3. The summed E-state index contributed by atoms with van der Waals surface area (Å²) in [6.07, 6.45) is 8.81. The molecule has 5 nitrogen and oxygen atoms in total. The second-order valence-corrected chi connectivity index (χ2v) is 8.41. The minimum absolute atomic E-state index is 0.0145. The molecule has 122 valence electrons. The van der Waals surface area contributed by atoms with E-state index in [0.717, 1.165) is 43.4 Å². The Morgan fingerprint density at radius 1 is 1.14 bits per heavy atom. The molecule has 0 aromatic rings. The summed E-state index contributed by atoms with van der Waals surface area (Å²) < 4.78 is 0. The number of nitrogens with two attached hydrogens (primary N) is 1. The highest BCUT2D eigenvalue weighted by Gasteiger charge is 2.56. The van der Waals surface area contributed by atoms with Gasteiger partial charge >= 0.3 is 7.12 Å². The number of carbonyl (C=O) groups is 1. The lowest BCUT2D eigenvalue weighted by Crippen LogP contribution is -2.61. The molecule has 22 heavy (non-hydrogen) atoms. The zero-order valence-electron chi connectivity index (χ0n) is 13.2. The third-order valence-electron chi connectivity index (χ3n) is 6.94. The van der Waals surface area contributed by atoms with E-state index in [1.54, 1.807) is 4.90 Å². The van der Waals surface area contributed by atoms with Crippen molar-refractivity contribution in [1.82, 2.24) is 4.90 Å². The van der Waals surface area contributed by atoms with E-state index in [4.69, 9.17) is 5.73 Å². The number of hydrogen-bond donors (Lipinski definition) is 3. The molecule has 2 atom stereocenters. The summed E-state index contributed by atoms with van der Waals surface area (Å²) in [5.74, 6) is 1.79. The summed E-state index contributed by atoms with van der Waals surface area (Å²) in [4.78, 5) is 14.6. The quantitative estimate of drug-likeness (QED) is 0.664. The summed E-state index contributed by atoms with van der Waals surface area (Å²) in [6, 6.07) is -0.458. The molecule has 0 radical (unpaired) electrons. The minimum atomic E-state index is -1.45. The smallest absolute Gasteiger partial charge is 0.426 e. The van der Waals surface area contributed by atoms with Crippen LogP contribution >= 0.6 is 0 Å². The Labute approximate surface area is 132 Å². The van der Waals surface area contributed by atoms with E-state index in [-0.39, 0.29) is 11.3 Å². The van der Waals surface area contributed by atoms with Crippen molar-refractivity contribution in [3.05, 3.63) is 0 Å². The maximum atomic E-state index is 13.0. The van der Waals surface area contributed by atoms with Gasteiger partial charge in [-0.3, -0.25) is 4.79 Å². The van der Waals surface area contributed by atoms with Gasteiger partial charge in [0.15, 0.2) is 0 Å². The highest BCUT2D eigenvalue weighted by atomic mass is 16.4. The van der Waals surface area contributed by atoms with Crippen LogP contribution in [0.3, 0.4) is 0 Å². The van der Waals surface area contributed by atoms with E-state index < -0.39 is 19.1 Å². The van der Waals surface area contributed by atoms with Crippen LogP contribution < -0.4 is 5.73 Å². The number of nitrogens with zero attached hydrogens (tertiary/aromatic N) is 1. The van der Waals surface area contributed by atoms with Crippen molar-refractivity contribution in [2.45, 2.75) is 63.3 Å². The Balaban J connectivity index is 1.54. The highest BCUT2D eigenvalue weighted by molar-refractivity contribution is 6.43. The van der Waals surface area contributed by atoms with E-state index in [1.165, 1.54) is 19.3 Å². The highest BCUT2D eigenvalue weighted by Crippen LogP contribution is 2.61. The third-order valence-corrected chi connectivity index (χ3v) is 6.94. The van der Waals surface area contributed by atoms with Gasteiger partial charge in [0.1, 0.15) is 0 Å². The second-order valence-electron chi connectivity index (χ2n) is 8.41. The van der Waals surface area contributed by atoms with Gasteiger partial charge in [0.25, 0.3) is 0 Å². The van der Waals surface area contributed by atoms with Gasteiger partial charge in [0.05, 0.1) is 12.0 Å². The van der Waals surface area contributed by atoms with E-state index in [1.807, 2.05) is 0 Å². The molecule has 6 heteroatoms. The molecule has 5 aliphatic rings. The van der Waals surface area contributed by atoms with Crippen LogP contribution in [0.15, 0.2) is 0 Å². The van der Waals surface area contributed by atoms with Gasteiger partial charge in [-0.05, 0) is 74.5 Å². The number of hydrogen-bond acceptors (Lipinski definition) is 4. The number of carbonyl (C=O) groups excluding carboxylic acids is 1. The summed E-state index contributed by atoms with van der Waals surface area (Å²) >= 11 is 0. The van der Waals surface area contributed by atoms with Crippen molar-refractivity contribution in [3.8, 4) is 0 Å². The number of likely N-dealkylation sites (tertiary alicyclic amines) is 1. The van der Waals surface area contributed by atoms with E-state index in [9.17, 15) is 14.8 Å². The fourth-order valence-electron chi connectivity index (χ4n) is 6.38. The van der Waals surface area contributed by atoms with Crippen molar-refractivity contribution in [3.63, 3.8) is 0 Å². The lowest BCUT2D eigenvalue weighted by Gasteiger charge is -2.58. The number of amides is 1. The predicted octanol–water partition coefficient (Wildman–Crippen LogP) is 0.533. The van der Waals surface area contributed by atoms with Gasteiger partial charge < -0.3 is 20.7 Å². The summed E-state index contributed by atoms with van der Waals surface area (Å²) in [6.45, 7) is 0.612. The average molecular weight is 306 g/mol. The van der Waals surface area contributed by atoms with Crippen molar-refractivity contribution >= 4 is 13.0 Å². The maximum Gasteiger partial charge on any atom is 0.475 e. The van der Waals surface area contributed by atoms with Gasteiger partial charge in [-0.25, -0.2) is 0 Å². The molecule has 5 rings (SSSR count). The molecule has 2 unspecified atom stereocenters. The summed E-state index contributed by atoms with van der Waals surface area (Å²) in [5, 5.41) is 19.0. The first-order valence-corrected chi connectivity index (χ1v) is 8.91. The van der Waals surface area contributed by atoms with E-state index >= 15 is 0 Å². The molecule has 0 aromatic carbocycles. The first kappa shape index (κ1) is 15.0. The Morgan fingerprint density at radius 2 is 1.68 bits per heavy atom. The van der Waals surface area contributed by atoms with Gasteiger partial charge in [-0.2, -0.15) is 0 Å². The fourth-order valence-corrected chi connectivity index (χ4v) is 6.38. The molecule has 1 saturated heterocycles. The van der Waals surface area contributed by atoms with Crippen LogP contribution in [0.2, 0.25) is 0 Å². The molecule has 5 fully saturated rings. The normalized spacial score (nSPS) is 44.4. The van der Waals surface area contributed by atoms with Crippen LogP contribution in [0.5, 0.6) is 0 Å². The molecule has 4 saturated carbocycles. The van der Waals surface area contributed by atoms with E-state index in [2.05, 4.69) is 0 Å².